The highest BCUT2D eigenvalue weighted by Gasteiger charge is 2.28. The van der Waals surface area contributed by atoms with E-state index in [0.29, 0.717) is 12.1 Å². The minimum atomic E-state index is -1.80. The minimum absolute atomic E-state index is 0.153. The lowest BCUT2D eigenvalue weighted by Gasteiger charge is -2.11. The number of aromatic nitrogens is 2. The van der Waals surface area contributed by atoms with E-state index in [4.69, 9.17) is 34.8 Å². The van der Waals surface area contributed by atoms with Gasteiger partial charge in [0.05, 0.1) is 10.2 Å². The van der Waals surface area contributed by atoms with Gasteiger partial charge in [0, 0.05) is 0 Å². The summed E-state index contributed by atoms with van der Waals surface area (Å²) < 4.78 is 11.6. The second kappa shape index (κ2) is 4.47. The van der Waals surface area contributed by atoms with Crippen molar-refractivity contribution >= 4 is 50.7 Å². The van der Waals surface area contributed by atoms with Gasteiger partial charge in [0.15, 0.2) is 5.82 Å². The molecule has 2 nitrogen and oxygen atoms in total. The zero-order chi connectivity index (χ0) is 10.9. The van der Waals surface area contributed by atoms with Crippen molar-refractivity contribution in [2.24, 2.45) is 0 Å². The number of hydrogen-bond acceptors (Lipinski definition) is 2. The molecule has 1 aromatic rings. The minimum Gasteiger partial charge on any atom is -0.232 e. The van der Waals surface area contributed by atoms with E-state index in [1.807, 2.05) is 6.92 Å². The normalized spacial score (nSPS) is 11.9. The zero-order valence-corrected chi connectivity index (χ0v) is 10.8. The first-order chi connectivity index (χ1) is 6.36. The van der Waals surface area contributed by atoms with E-state index < -0.39 is 9.74 Å². The van der Waals surface area contributed by atoms with Crippen molar-refractivity contribution in [3.63, 3.8) is 0 Å². The summed E-state index contributed by atoms with van der Waals surface area (Å²) in [5, 5.41) is 0. The average molecular weight is 322 g/mol. The molecule has 0 N–H and O–H groups in total. The SMILES string of the molecule is CCc1nc(C(Cl)(Cl)Cl)nc(F)c1Br. The maximum Gasteiger partial charge on any atom is 0.250 e. The van der Waals surface area contributed by atoms with Crippen molar-refractivity contribution in [1.82, 2.24) is 9.97 Å². The highest BCUT2D eigenvalue weighted by Crippen LogP contribution is 2.36. The number of rotatable bonds is 1. The molecule has 0 aliphatic heterocycles. The molecule has 0 aliphatic rings. The highest BCUT2D eigenvalue weighted by atomic mass is 79.9. The van der Waals surface area contributed by atoms with Gasteiger partial charge in [0.25, 0.3) is 0 Å². The predicted molar refractivity (Wildman–Crippen MR) is 58.3 cm³/mol. The Morgan fingerprint density at radius 2 is 1.93 bits per heavy atom. The first-order valence-electron chi connectivity index (χ1n) is 3.65. The van der Waals surface area contributed by atoms with Gasteiger partial charge in [-0.25, -0.2) is 4.98 Å². The largest absolute Gasteiger partial charge is 0.250 e. The smallest absolute Gasteiger partial charge is 0.232 e. The molecule has 0 amide bonds. The maximum absolute atomic E-state index is 13.2. The quantitative estimate of drug-likeness (QED) is 0.581. The molecule has 1 aromatic heterocycles. The van der Waals surface area contributed by atoms with Gasteiger partial charge in [-0.2, -0.15) is 9.37 Å². The summed E-state index contributed by atoms with van der Waals surface area (Å²) >= 11 is 19.6. The van der Waals surface area contributed by atoms with Crippen LogP contribution >= 0.6 is 50.7 Å². The van der Waals surface area contributed by atoms with Crippen molar-refractivity contribution in [1.29, 1.82) is 0 Å². The summed E-state index contributed by atoms with van der Waals surface area (Å²) in [4.78, 5) is 7.36. The Kier molecular flexibility index (Phi) is 3.97. The molecule has 78 valence electrons. The van der Waals surface area contributed by atoms with Crippen LogP contribution in [0.2, 0.25) is 0 Å². The van der Waals surface area contributed by atoms with Crippen LogP contribution in [-0.4, -0.2) is 9.97 Å². The van der Waals surface area contributed by atoms with Gasteiger partial charge in [0.2, 0.25) is 9.74 Å². The predicted octanol–water partition coefficient (Wildman–Crippen LogP) is 3.77. The van der Waals surface area contributed by atoms with E-state index in [2.05, 4.69) is 25.9 Å². The third kappa shape index (κ3) is 2.69. The molecule has 1 rings (SSSR count). The van der Waals surface area contributed by atoms with E-state index in [9.17, 15) is 4.39 Å². The van der Waals surface area contributed by atoms with Crippen molar-refractivity contribution in [3.05, 3.63) is 21.9 Å². The van der Waals surface area contributed by atoms with E-state index >= 15 is 0 Å². The molecule has 0 saturated carbocycles. The molecule has 7 heteroatoms. The Labute approximate surface area is 104 Å². The molecule has 0 aliphatic carbocycles. The number of nitrogens with zero attached hydrogens (tertiary/aromatic N) is 2. The maximum atomic E-state index is 13.2. The van der Waals surface area contributed by atoms with Crippen LogP contribution in [0.1, 0.15) is 18.4 Å². The molecule has 0 radical (unpaired) electrons. The lowest BCUT2D eigenvalue weighted by Crippen LogP contribution is -2.11. The second-order valence-corrected chi connectivity index (χ2v) is 5.52. The molecular formula is C7H5BrCl3FN2. The van der Waals surface area contributed by atoms with Gasteiger partial charge in [-0.15, -0.1) is 0 Å². The van der Waals surface area contributed by atoms with Gasteiger partial charge in [0.1, 0.15) is 0 Å². The molecule has 0 aromatic carbocycles. The second-order valence-electron chi connectivity index (χ2n) is 2.45. The van der Waals surface area contributed by atoms with Crippen LogP contribution in [0, 0.1) is 5.95 Å². The third-order valence-corrected chi connectivity index (χ3v) is 2.76. The molecule has 0 unspecified atom stereocenters. The Balaban J connectivity index is 3.30. The molecule has 0 bridgehead atoms. The van der Waals surface area contributed by atoms with Crippen molar-refractivity contribution in [2.75, 3.05) is 0 Å². The van der Waals surface area contributed by atoms with Crippen molar-refractivity contribution in [2.45, 2.75) is 17.1 Å². The van der Waals surface area contributed by atoms with E-state index in [1.165, 1.54) is 0 Å². The van der Waals surface area contributed by atoms with Gasteiger partial charge in [-0.3, -0.25) is 0 Å². The Bertz CT molecular complexity index is 354. The molecule has 0 saturated heterocycles. The van der Waals surface area contributed by atoms with Crippen LogP contribution in [0.5, 0.6) is 0 Å². The van der Waals surface area contributed by atoms with Crippen LogP contribution < -0.4 is 0 Å². The lowest BCUT2D eigenvalue weighted by atomic mass is 10.3. The van der Waals surface area contributed by atoms with Crippen LogP contribution in [0.4, 0.5) is 4.39 Å². The Morgan fingerprint density at radius 1 is 1.36 bits per heavy atom. The van der Waals surface area contributed by atoms with E-state index in [-0.39, 0.29) is 10.3 Å². The topological polar surface area (TPSA) is 25.8 Å². The fourth-order valence-electron chi connectivity index (χ4n) is 0.824. The number of alkyl halides is 3. The number of halogens is 5. The van der Waals surface area contributed by atoms with Crippen LogP contribution in [-0.2, 0) is 10.2 Å². The summed E-state index contributed by atoms with van der Waals surface area (Å²) in [6, 6.07) is 0. The molecule has 0 spiro atoms. The molecule has 0 fully saturated rings. The molecular weight excluding hydrogens is 317 g/mol. The Morgan fingerprint density at radius 3 is 2.36 bits per heavy atom. The Hall–Kier alpha value is 0.360. The standard InChI is InChI=1S/C7H5BrCl3FN2/c1-2-3-4(8)5(12)14-6(13-3)7(9,10)11/h2H2,1H3. The van der Waals surface area contributed by atoms with Crippen LogP contribution in [0.15, 0.2) is 4.47 Å². The first-order valence-corrected chi connectivity index (χ1v) is 5.58. The summed E-state index contributed by atoms with van der Waals surface area (Å²) in [6.45, 7) is 1.81. The van der Waals surface area contributed by atoms with Crippen LogP contribution in [0.25, 0.3) is 0 Å². The number of aryl methyl sites for hydroxylation is 1. The van der Waals surface area contributed by atoms with E-state index in [0.717, 1.165) is 0 Å². The summed E-state index contributed by atoms with van der Waals surface area (Å²) in [5.41, 5.74) is 0.471. The summed E-state index contributed by atoms with van der Waals surface area (Å²) in [6.07, 6.45) is 0.522. The van der Waals surface area contributed by atoms with Gasteiger partial charge >= 0.3 is 0 Å². The fourth-order valence-corrected chi connectivity index (χ4v) is 1.54. The van der Waals surface area contributed by atoms with Gasteiger partial charge < -0.3 is 0 Å². The highest BCUT2D eigenvalue weighted by molar-refractivity contribution is 9.10. The van der Waals surface area contributed by atoms with Gasteiger partial charge in [-0.05, 0) is 22.4 Å². The van der Waals surface area contributed by atoms with E-state index in [1.54, 1.807) is 0 Å². The van der Waals surface area contributed by atoms with Crippen molar-refractivity contribution in [3.8, 4) is 0 Å². The average Bonchev–Trinajstić information content (AvgIpc) is 2.07. The summed E-state index contributed by atoms with van der Waals surface area (Å²) in [7, 11) is 0. The third-order valence-electron chi connectivity index (χ3n) is 1.47. The molecule has 14 heavy (non-hydrogen) atoms. The first kappa shape index (κ1) is 12.4. The van der Waals surface area contributed by atoms with Crippen molar-refractivity contribution < 1.29 is 4.39 Å². The van der Waals surface area contributed by atoms with Gasteiger partial charge in [-0.1, -0.05) is 41.7 Å². The summed E-state index contributed by atoms with van der Waals surface area (Å²) in [5.74, 6) is -0.877. The van der Waals surface area contributed by atoms with Crippen LogP contribution in [0.3, 0.4) is 0 Å². The number of hydrogen-bond donors (Lipinski definition) is 0. The fraction of sp³-hybridized carbons (Fsp3) is 0.429. The molecule has 0 atom stereocenters. The monoisotopic (exact) mass is 320 g/mol. The lowest BCUT2D eigenvalue weighted by molar-refractivity contribution is 0.558. The molecule has 1 heterocycles. The zero-order valence-electron chi connectivity index (χ0n) is 6.99.